The van der Waals surface area contributed by atoms with Crippen molar-refractivity contribution in [3.05, 3.63) is 64.4 Å². The number of fused-ring (bicyclic) bond motifs is 1. The summed E-state index contributed by atoms with van der Waals surface area (Å²) in [4.78, 5) is 4.28. The van der Waals surface area contributed by atoms with Gasteiger partial charge >= 0.3 is 0 Å². The fraction of sp³-hybridized carbons (Fsp3) is 0.211. The first kappa shape index (κ1) is 21.0. The molecule has 2 N–H and O–H groups in total. The van der Waals surface area contributed by atoms with Gasteiger partial charge in [-0.25, -0.2) is 13.1 Å². The summed E-state index contributed by atoms with van der Waals surface area (Å²) >= 11 is 9.28. The maximum atomic E-state index is 12.6. The molecular formula is C19H19BrClN3O3S. The molecule has 0 amide bonds. The zero-order valence-corrected chi connectivity index (χ0v) is 18.0. The molecule has 0 fully saturated rings. The highest BCUT2D eigenvalue weighted by molar-refractivity contribution is 9.10. The van der Waals surface area contributed by atoms with Gasteiger partial charge in [-0.1, -0.05) is 23.7 Å². The van der Waals surface area contributed by atoms with Crippen LogP contribution in [0.15, 0.2) is 64.2 Å². The van der Waals surface area contributed by atoms with Gasteiger partial charge < -0.3 is 10.1 Å². The van der Waals surface area contributed by atoms with Crippen molar-refractivity contribution in [3.63, 3.8) is 0 Å². The molecule has 0 aliphatic heterocycles. The topological polar surface area (TPSA) is 80.3 Å². The van der Waals surface area contributed by atoms with Gasteiger partial charge in [-0.2, -0.15) is 0 Å². The molecule has 0 saturated carbocycles. The molecule has 0 aliphatic rings. The summed E-state index contributed by atoms with van der Waals surface area (Å²) in [6, 6.07) is 12.2. The van der Waals surface area contributed by atoms with Crippen LogP contribution in [0.2, 0.25) is 5.02 Å². The molecule has 3 rings (SSSR count). The van der Waals surface area contributed by atoms with Crippen molar-refractivity contribution in [2.45, 2.75) is 4.90 Å². The normalized spacial score (nSPS) is 11.6. The van der Waals surface area contributed by atoms with Crippen molar-refractivity contribution in [3.8, 4) is 5.75 Å². The number of benzene rings is 2. The van der Waals surface area contributed by atoms with Crippen LogP contribution in [0, 0.1) is 0 Å². The number of ether oxygens (including phenoxy) is 1. The average Bonchev–Trinajstić information content (AvgIpc) is 2.68. The first-order chi connectivity index (χ1) is 13.5. The number of hydrogen-bond donors (Lipinski definition) is 2. The van der Waals surface area contributed by atoms with Crippen LogP contribution in [-0.2, 0) is 10.0 Å². The molecule has 148 valence electrons. The van der Waals surface area contributed by atoms with Crippen LogP contribution in [0.4, 0.5) is 0 Å². The number of halogens is 2. The molecule has 0 saturated heterocycles. The molecule has 3 aromatic rings. The first-order valence-corrected chi connectivity index (χ1v) is 11.2. The van der Waals surface area contributed by atoms with Crippen LogP contribution in [0.5, 0.6) is 5.75 Å². The van der Waals surface area contributed by atoms with E-state index in [4.69, 9.17) is 16.3 Å². The fourth-order valence-electron chi connectivity index (χ4n) is 2.63. The Morgan fingerprint density at radius 3 is 2.79 bits per heavy atom. The number of sulfonamides is 1. The van der Waals surface area contributed by atoms with Crippen molar-refractivity contribution in [2.75, 3.05) is 26.2 Å². The predicted octanol–water partition coefficient (Wildman–Crippen LogP) is 3.60. The van der Waals surface area contributed by atoms with Gasteiger partial charge in [-0.3, -0.25) is 4.98 Å². The van der Waals surface area contributed by atoms with E-state index in [1.165, 1.54) is 0 Å². The zero-order valence-electron chi connectivity index (χ0n) is 14.9. The van der Waals surface area contributed by atoms with E-state index in [9.17, 15) is 8.42 Å². The van der Waals surface area contributed by atoms with Crippen LogP contribution in [0.25, 0.3) is 10.8 Å². The molecule has 0 radical (unpaired) electrons. The predicted molar refractivity (Wildman–Crippen MR) is 114 cm³/mol. The number of nitrogens with zero attached hydrogens (tertiary/aromatic N) is 1. The van der Waals surface area contributed by atoms with Gasteiger partial charge in [0.2, 0.25) is 10.0 Å². The highest BCUT2D eigenvalue weighted by Crippen LogP contribution is 2.27. The number of rotatable bonds is 9. The minimum Gasteiger partial charge on any atom is -0.491 e. The third-order valence-corrected chi connectivity index (χ3v) is 6.33. The first-order valence-electron chi connectivity index (χ1n) is 8.58. The lowest BCUT2D eigenvalue weighted by atomic mass is 10.2. The standard InChI is InChI=1S/C19H19BrClN3O3S/c20-17-12-15(21)4-5-18(17)27-11-10-22-8-9-24-28(25,26)19-3-1-2-14-13-23-7-6-16(14)19/h1-7,12-13,22,24H,8-11H2. The smallest absolute Gasteiger partial charge is 0.241 e. The molecule has 1 aromatic heterocycles. The highest BCUT2D eigenvalue weighted by Gasteiger charge is 2.16. The Morgan fingerprint density at radius 1 is 1.11 bits per heavy atom. The Kier molecular flexibility index (Phi) is 7.25. The molecule has 0 spiro atoms. The van der Waals surface area contributed by atoms with Gasteiger partial charge in [0.25, 0.3) is 0 Å². The quantitative estimate of drug-likeness (QED) is 0.454. The summed E-state index contributed by atoms with van der Waals surface area (Å²) in [6.07, 6.45) is 3.23. The van der Waals surface area contributed by atoms with Gasteiger partial charge in [0, 0.05) is 47.8 Å². The summed E-state index contributed by atoms with van der Waals surface area (Å²) in [5, 5.41) is 5.21. The van der Waals surface area contributed by atoms with E-state index in [2.05, 4.69) is 31.0 Å². The van der Waals surface area contributed by atoms with Crippen LogP contribution in [-0.4, -0.2) is 39.6 Å². The lowest BCUT2D eigenvalue weighted by molar-refractivity contribution is 0.313. The van der Waals surface area contributed by atoms with Crippen molar-refractivity contribution < 1.29 is 13.2 Å². The third-order valence-electron chi connectivity index (χ3n) is 3.95. The Hall–Kier alpha value is -1.71. The molecule has 9 heteroatoms. The van der Waals surface area contributed by atoms with E-state index in [-0.39, 0.29) is 11.4 Å². The SMILES string of the molecule is O=S(=O)(NCCNCCOc1ccc(Cl)cc1Br)c1cccc2cnccc12. The molecule has 1 heterocycles. The second kappa shape index (κ2) is 9.67. The zero-order chi connectivity index (χ0) is 20.0. The van der Waals surface area contributed by atoms with E-state index < -0.39 is 10.0 Å². The monoisotopic (exact) mass is 483 g/mol. The second-order valence-corrected chi connectivity index (χ2v) is 8.95. The number of aromatic nitrogens is 1. The largest absolute Gasteiger partial charge is 0.491 e. The van der Waals surface area contributed by atoms with E-state index >= 15 is 0 Å². The summed E-state index contributed by atoms with van der Waals surface area (Å²) in [7, 11) is -3.60. The number of pyridine rings is 1. The highest BCUT2D eigenvalue weighted by atomic mass is 79.9. The molecule has 0 aliphatic carbocycles. The van der Waals surface area contributed by atoms with E-state index in [1.807, 2.05) is 6.07 Å². The van der Waals surface area contributed by atoms with Crippen LogP contribution < -0.4 is 14.8 Å². The molecule has 0 atom stereocenters. The summed E-state index contributed by atoms with van der Waals surface area (Å²) in [5.74, 6) is 0.706. The van der Waals surface area contributed by atoms with E-state index in [0.717, 1.165) is 9.86 Å². The molecule has 2 aromatic carbocycles. The molecule has 0 unspecified atom stereocenters. The second-order valence-electron chi connectivity index (χ2n) is 5.92. The fourth-order valence-corrected chi connectivity index (χ4v) is 4.69. The Bertz CT molecular complexity index is 1060. The van der Waals surface area contributed by atoms with Crippen molar-refractivity contribution >= 4 is 48.3 Å². The lowest BCUT2D eigenvalue weighted by Crippen LogP contribution is -2.33. The number of hydrogen-bond acceptors (Lipinski definition) is 5. The van der Waals surface area contributed by atoms with Crippen LogP contribution >= 0.6 is 27.5 Å². The lowest BCUT2D eigenvalue weighted by Gasteiger charge is -2.11. The molecule has 0 bridgehead atoms. The van der Waals surface area contributed by atoms with Crippen LogP contribution in [0.1, 0.15) is 0 Å². The van der Waals surface area contributed by atoms with Gasteiger partial charge in [0.1, 0.15) is 12.4 Å². The minimum atomic E-state index is -3.60. The maximum Gasteiger partial charge on any atom is 0.241 e. The summed E-state index contributed by atoms with van der Waals surface area (Å²) in [6.45, 7) is 1.78. The molecule has 28 heavy (non-hydrogen) atoms. The average molecular weight is 485 g/mol. The van der Waals surface area contributed by atoms with E-state index in [1.54, 1.807) is 48.8 Å². The van der Waals surface area contributed by atoms with Gasteiger partial charge in [0.15, 0.2) is 0 Å². The molecular weight excluding hydrogens is 466 g/mol. The van der Waals surface area contributed by atoms with Gasteiger partial charge in [0.05, 0.1) is 9.37 Å². The third kappa shape index (κ3) is 5.42. The Labute approximate surface area is 177 Å². The maximum absolute atomic E-state index is 12.6. The van der Waals surface area contributed by atoms with Crippen molar-refractivity contribution in [1.29, 1.82) is 0 Å². The Morgan fingerprint density at radius 2 is 1.96 bits per heavy atom. The Balaban J connectivity index is 1.44. The van der Waals surface area contributed by atoms with Crippen LogP contribution in [0.3, 0.4) is 0 Å². The minimum absolute atomic E-state index is 0.253. The van der Waals surface area contributed by atoms with Crippen molar-refractivity contribution in [1.82, 2.24) is 15.0 Å². The summed E-state index contributed by atoms with van der Waals surface area (Å²) < 4.78 is 34.2. The van der Waals surface area contributed by atoms with E-state index in [0.29, 0.717) is 35.9 Å². The van der Waals surface area contributed by atoms with Gasteiger partial charge in [-0.05, 0) is 46.3 Å². The van der Waals surface area contributed by atoms with Gasteiger partial charge in [-0.15, -0.1) is 0 Å². The molecule has 6 nitrogen and oxygen atoms in total. The summed E-state index contributed by atoms with van der Waals surface area (Å²) in [5.41, 5.74) is 0. The van der Waals surface area contributed by atoms with Crippen molar-refractivity contribution in [2.24, 2.45) is 0 Å². The number of nitrogens with one attached hydrogen (secondary N) is 2.